The third-order valence-electron chi connectivity index (χ3n) is 2.35. The molecule has 1 heterocycles. The molecule has 5 heteroatoms. The van der Waals surface area contributed by atoms with Gasteiger partial charge in [0.15, 0.2) is 0 Å². The maximum absolute atomic E-state index is 12.2. The van der Waals surface area contributed by atoms with Crippen LogP contribution in [0.5, 0.6) is 0 Å². The van der Waals surface area contributed by atoms with Crippen LogP contribution in [0.3, 0.4) is 0 Å². The zero-order chi connectivity index (χ0) is 13.2. The summed E-state index contributed by atoms with van der Waals surface area (Å²) in [4.78, 5) is 1.23. The molecule has 2 atom stereocenters. The van der Waals surface area contributed by atoms with Crippen LogP contribution in [-0.4, -0.2) is 9.30 Å². The van der Waals surface area contributed by atoms with Crippen molar-refractivity contribution < 1.29 is 4.55 Å². The van der Waals surface area contributed by atoms with E-state index in [9.17, 15) is 4.55 Å². The van der Waals surface area contributed by atoms with E-state index < -0.39 is 11.4 Å². The van der Waals surface area contributed by atoms with Gasteiger partial charge < -0.3 is 4.55 Å². The Morgan fingerprint density at radius 3 is 2.35 bits per heavy atom. The number of halogens is 1. The van der Waals surface area contributed by atoms with Gasteiger partial charge in [-0.15, -0.1) is 16.1 Å². The number of thiophene rings is 1. The van der Waals surface area contributed by atoms with Crippen LogP contribution in [0.25, 0.3) is 0 Å². The lowest BCUT2D eigenvalue weighted by Crippen LogP contribution is -2.42. The molecule has 0 saturated heterocycles. The summed E-state index contributed by atoms with van der Waals surface area (Å²) in [6, 6.07) is 2.24. The van der Waals surface area contributed by atoms with E-state index in [-0.39, 0.29) is 10.8 Å². The van der Waals surface area contributed by atoms with Gasteiger partial charge in [0.05, 0.1) is 6.04 Å². The van der Waals surface area contributed by atoms with Crippen LogP contribution in [0.15, 0.2) is 15.9 Å². The molecule has 1 aromatic heterocycles. The molecule has 0 aliphatic heterocycles. The molecule has 0 aliphatic rings. The Hall–Kier alpha value is 0.450. The first-order chi connectivity index (χ1) is 7.71. The van der Waals surface area contributed by atoms with Crippen LogP contribution in [0.1, 0.15) is 45.5 Å². The van der Waals surface area contributed by atoms with Crippen molar-refractivity contribution in [3.8, 4) is 0 Å². The van der Waals surface area contributed by atoms with Gasteiger partial charge in [-0.3, -0.25) is 0 Å². The molecule has 0 radical (unpaired) electrons. The lowest BCUT2D eigenvalue weighted by atomic mass is 10.0. The molecule has 0 amide bonds. The average Bonchev–Trinajstić information content (AvgIpc) is 2.58. The van der Waals surface area contributed by atoms with Crippen LogP contribution in [0, 0.1) is 5.92 Å². The van der Waals surface area contributed by atoms with E-state index in [1.165, 1.54) is 4.88 Å². The highest BCUT2D eigenvalue weighted by Crippen LogP contribution is 2.31. The largest absolute Gasteiger partial charge is 0.598 e. The molecule has 2 nitrogen and oxygen atoms in total. The highest BCUT2D eigenvalue weighted by atomic mass is 79.9. The van der Waals surface area contributed by atoms with Crippen molar-refractivity contribution >= 4 is 38.6 Å². The normalized spacial score (nSPS) is 16.2. The Kier molecular flexibility index (Phi) is 5.53. The predicted molar refractivity (Wildman–Crippen MR) is 80.6 cm³/mol. The summed E-state index contributed by atoms with van der Waals surface area (Å²) in [6.07, 6.45) is 0. The summed E-state index contributed by atoms with van der Waals surface area (Å²) in [5.41, 5.74) is 0. The second-order valence-corrected chi connectivity index (χ2v) is 9.24. The number of hydrogen-bond donors (Lipinski definition) is 1. The third-order valence-corrected chi connectivity index (χ3v) is 5.71. The maximum Gasteiger partial charge on any atom is 0.136 e. The van der Waals surface area contributed by atoms with E-state index in [0.29, 0.717) is 5.92 Å². The van der Waals surface area contributed by atoms with Gasteiger partial charge in [0, 0.05) is 26.1 Å². The standard InChI is InChI=1S/C12H20BrNOS2/c1-8(2)11(10-6-9(13)7-16-10)14-17(15)12(3,4)5/h6-8,11,14H,1-5H3. The van der Waals surface area contributed by atoms with Crippen LogP contribution in [0.4, 0.5) is 0 Å². The predicted octanol–water partition coefficient (Wildman–Crippen LogP) is 4.26. The molecule has 1 aromatic rings. The molecular weight excluding hydrogens is 318 g/mol. The van der Waals surface area contributed by atoms with Crippen LogP contribution in [0.2, 0.25) is 0 Å². The maximum atomic E-state index is 12.2. The first-order valence-electron chi connectivity index (χ1n) is 5.64. The van der Waals surface area contributed by atoms with Crippen molar-refractivity contribution in [1.82, 2.24) is 4.72 Å². The van der Waals surface area contributed by atoms with E-state index in [1.54, 1.807) is 11.3 Å². The fourth-order valence-corrected chi connectivity index (χ4v) is 4.03. The molecule has 0 bridgehead atoms. The van der Waals surface area contributed by atoms with E-state index in [2.05, 4.69) is 45.9 Å². The Labute approximate surface area is 120 Å². The topological polar surface area (TPSA) is 35.1 Å². The summed E-state index contributed by atoms with van der Waals surface area (Å²) >= 11 is 4.12. The van der Waals surface area contributed by atoms with Gasteiger partial charge in [0.1, 0.15) is 4.75 Å². The first-order valence-corrected chi connectivity index (χ1v) is 8.46. The monoisotopic (exact) mass is 337 g/mol. The summed E-state index contributed by atoms with van der Waals surface area (Å²) in [6.45, 7) is 10.2. The quantitative estimate of drug-likeness (QED) is 0.833. The van der Waals surface area contributed by atoms with Crippen molar-refractivity contribution in [2.45, 2.75) is 45.4 Å². The number of nitrogens with one attached hydrogen (secondary N) is 1. The average molecular weight is 338 g/mol. The highest BCUT2D eigenvalue weighted by Gasteiger charge is 2.31. The SMILES string of the molecule is CC(C)C(N[S+]([O-])C(C)(C)C)c1cc(Br)cs1. The minimum absolute atomic E-state index is 0.145. The van der Waals surface area contributed by atoms with Crippen molar-refractivity contribution in [1.29, 1.82) is 0 Å². The van der Waals surface area contributed by atoms with Crippen LogP contribution < -0.4 is 4.72 Å². The second-order valence-electron chi connectivity index (χ2n) is 5.39. The summed E-state index contributed by atoms with van der Waals surface area (Å²) in [5.74, 6) is 0.409. The fourth-order valence-electron chi connectivity index (χ4n) is 1.31. The second kappa shape index (κ2) is 6.06. The first kappa shape index (κ1) is 15.5. The minimum atomic E-state index is -1.04. The van der Waals surface area contributed by atoms with Gasteiger partial charge in [-0.1, -0.05) is 13.8 Å². The van der Waals surface area contributed by atoms with Gasteiger partial charge in [0.25, 0.3) is 0 Å². The lowest BCUT2D eigenvalue weighted by Gasteiger charge is -2.29. The zero-order valence-electron chi connectivity index (χ0n) is 10.9. The van der Waals surface area contributed by atoms with Crippen LogP contribution >= 0.6 is 27.3 Å². The summed E-state index contributed by atoms with van der Waals surface area (Å²) in [7, 11) is 0. The minimum Gasteiger partial charge on any atom is -0.598 e. The highest BCUT2D eigenvalue weighted by molar-refractivity contribution is 9.10. The molecule has 1 rings (SSSR count). The van der Waals surface area contributed by atoms with Crippen molar-refractivity contribution in [2.24, 2.45) is 5.92 Å². The van der Waals surface area contributed by atoms with Crippen LogP contribution in [-0.2, 0) is 11.4 Å². The van der Waals surface area contributed by atoms with Crippen molar-refractivity contribution in [3.05, 3.63) is 20.8 Å². The van der Waals surface area contributed by atoms with E-state index in [4.69, 9.17) is 0 Å². The Balaban J connectivity index is 2.81. The van der Waals surface area contributed by atoms with Gasteiger partial charge in [-0.25, -0.2) is 0 Å². The molecule has 0 aliphatic carbocycles. The van der Waals surface area contributed by atoms with Crippen molar-refractivity contribution in [3.63, 3.8) is 0 Å². The number of rotatable bonds is 4. The summed E-state index contributed by atoms with van der Waals surface area (Å²) in [5, 5.41) is 2.06. The summed E-state index contributed by atoms with van der Waals surface area (Å²) < 4.78 is 16.3. The molecule has 0 fully saturated rings. The molecule has 1 N–H and O–H groups in total. The van der Waals surface area contributed by atoms with E-state index >= 15 is 0 Å². The number of hydrogen-bond acceptors (Lipinski definition) is 3. The molecule has 0 saturated carbocycles. The van der Waals surface area contributed by atoms with Crippen molar-refractivity contribution in [2.75, 3.05) is 0 Å². The zero-order valence-corrected chi connectivity index (χ0v) is 14.1. The molecule has 98 valence electrons. The molecule has 0 spiro atoms. The molecule has 0 aromatic carbocycles. The lowest BCUT2D eigenvalue weighted by molar-refractivity contribution is 0.457. The fraction of sp³-hybridized carbons (Fsp3) is 0.667. The Bertz CT molecular complexity index is 360. The third kappa shape index (κ3) is 4.56. The van der Waals surface area contributed by atoms with Gasteiger partial charge >= 0.3 is 0 Å². The molecular formula is C12H20BrNOS2. The van der Waals surface area contributed by atoms with Gasteiger partial charge in [0.2, 0.25) is 0 Å². The Morgan fingerprint density at radius 1 is 1.41 bits per heavy atom. The molecule has 17 heavy (non-hydrogen) atoms. The van der Waals surface area contributed by atoms with E-state index in [0.717, 1.165) is 4.47 Å². The van der Waals surface area contributed by atoms with Gasteiger partial charge in [-0.05, 0) is 48.7 Å². The van der Waals surface area contributed by atoms with E-state index in [1.807, 2.05) is 20.8 Å². The smallest absolute Gasteiger partial charge is 0.136 e. The molecule has 2 unspecified atom stereocenters. The van der Waals surface area contributed by atoms with Gasteiger partial charge in [-0.2, -0.15) is 0 Å². The Morgan fingerprint density at radius 2 is 2.00 bits per heavy atom.